The minimum atomic E-state index is -0.749. The predicted molar refractivity (Wildman–Crippen MR) is 88.6 cm³/mol. The molecule has 1 aromatic rings. The van der Waals surface area contributed by atoms with E-state index >= 15 is 0 Å². The van der Waals surface area contributed by atoms with Crippen molar-refractivity contribution in [3.63, 3.8) is 0 Å². The maximum Gasteiger partial charge on any atom is 0.334 e. The van der Waals surface area contributed by atoms with Crippen LogP contribution in [0.2, 0.25) is 0 Å². The van der Waals surface area contributed by atoms with Crippen LogP contribution in [0.15, 0.2) is 29.3 Å². The first-order chi connectivity index (χ1) is 10.5. The molecule has 0 saturated heterocycles. The van der Waals surface area contributed by atoms with Crippen LogP contribution in [-0.4, -0.2) is 41.0 Å². The third-order valence-corrected chi connectivity index (χ3v) is 4.60. The van der Waals surface area contributed by atoms with Crippen molar-refractivity contribution in [2.45, 2.75) is 18.3 Å². The van der Waals surface area contributed by atoms with Gasteiger partial charge in [-0.25, -0.2) is 4.79 Å². The van der Waals surface area contributed by atoms with E-state index in [0.29, 0.717) is 15.3 Å². The van der Waals surface area contributed by atoms with E-state index in [1.54, 1.807) is 38.3 Å². The molecule has 1 aliphatic heterocycles. The van der Waals surface area contributed by atoms with E-state index < -0.39 is 17.4 Å². The highest BCUT2D eigenvalue weighted by Crippen LogP contribution is 2.29. The molecule has 1 N–H and O–H groups in total. The van der Waals surface area contributed by atoms with Gasteiger partial charge < -0.3 is 14.8 Å². The Bertz CT molecular complexity index is 591. The topological polar surface area (TPSA) is 77.0 Å². The number of carbonyl (C=O) groups excluding carboxylic acids is 2. The van der Waals surface area contributed by atoms with Gasteiger partial charge in [-0.1, -0.05) is 11.8 Å². The van der Waals surface area contributed by atoms with E-state index in [1.807, 2.05) is 0 Å². The number of thioether (sulfide) groups is 1. The second-order valence-corrected chi connectivity index (χ2v) is 6.73. The maximum absolute atomic E-state index is 12.2. The number of methoxy groups -OCH3 is 1. The monoisotopic (exact) mass is 386 g/mol. The van der Waals surface area contributed by atoms with Crippen LogP contribution in [0, 0.1) is 0 Å². The van der Waals surface area contributed by atoms with Crippen LogP contribution in [0.25, 0.3) is 0 Å². The highest BCUT2D eigenvalue weighted by molar-refractivity contribution is 9.22. The normalized spacial score (nSPS) is 20.2. The van der Waals surface area contributed by atoms with Gasteiger partial charge in [0.2, 0.25) is 0 Å². The highest BCUT2D eigenvalue weighted by Gasteiger charge is 2.37. The number of hydrogen-bond donors (Lipinski definition) is 1. The molecular weight excluding hydrogens is 372 g/mol. The number of nitrogens with one attached hydrogen (secondary N) is 1. The summed E-state index contributed by atoms with van der Waals surface area (Å²) in [5.41, 5.74) is 0.479. The van der Waals surface area contributed by atoms with Crippen molar-refractivity contribution >= 4 is 43.5 Å². The lowest BCUT2D eigenvalue weighted by Crippen LogP contribution is -2.42. The summed E-state index contributed by atoms with van der Waals surface area (Å²) in [4.78, 5) is 28.3. The molecule has 0 radical (unpaired) electrons. The Morgan fingerprint density at radius 2 is 2.05 bits per heavy atom. The van der Waals surface area contributed by atoms with Crippen LogP contribution in [0.5, 0.6) is 5.75 Å². The molecule has 0 spiro atoms. The molecule has 6 nitrogen and oxygen atoms in total. The SMILES string of the molecule is CCOC(=O)C1N=C(Br)SC1NC(=O)c1ccc(OC)cc1. The third kappa shape index (κ3) is 4.01. The van der Waals surface area contributed by atoms with E-state index in [0.717, 1.165) is 0 Å². The summed E-state index contributed by atoms with van der Waals surface area (Å²) in [6, 6.07) is 5.96. The molecule has 1 heterocycles. The number of amides is 1. The molecule has 0 saturated carbocycles. The summed E-state index contributed by atoms with van der Waals surface area (Å²) in [5.74, 6) is -0.0707. The Hall–Kier alpha value is -1.54. The van der Waals surface area contributed by atoms with Gasteiger partial charge in [-0.2, -0.15) is 0 Å². The van der Waals surface area contributed by atoms with Crippen molar-refractivity contribution in [2.24, 2.45) is 4.99 Å². The standard InChI is InChI=1S/C14H15BrN2O4S/c1-3-21-13(19)10-12(22-14(15)16-10)17-11(18)8-4-6-9(20-2)7-5-8/h4-7,10,12H,3H2,1-2H3,(H,17,18). The van der Waals surface area contributed by atoms with Gasteiger partial charge in [0, 0.05) is 5.56 Å². The minimum absolute atomic E-state index is 0.270. The van der Waals surface area contributed by atoms with E-state index in [4.69, 9.17) is 9.47 Å². The van der Waals surface area contributed by atoms with Crippen LogP contribution in [0.3, 0.4) is 0 Å². The number of halogens is 1. The van der Waals surface area contributed by atoms with Gasteiger partial charge in [0.15, 0.2) is 6.04 Å². The number of nitrogens with zero attached hydrogens (tertiary/aromatic N) is 1. The van der Waals surface area contributed by atoms with E-state index in [2.05, 4.69) is 26.2 Å². The van der Waals surface area contributed by atoms with Gasteiger partial charge in [-0.3, -0.25) is 9.79 Å². The number of benzene rings is 1. The summed E-state index contributed by atoms with van der Waals surface area (Å²) in [6.07, 6.45) is 0. The van der Waals surface area contributed by atoms with Gasteiger partial charge in [0.1, 0.15) is 15.1 Å². The Labute approximate surface area is 140 Å². The Morgan fingerprint density at radius 3 is 2.64 bits per heavy atom. The third-order valence-electron chi connectivity index (χ3n) is 2.91. The van der Waals surface area contributed by atoms with Crippen molar-refractivity contribution in [3.8, 4) is 5.75 Å². The second kappa shape index (κ2) is 7.64. The number of ether oxygens (including phenoxy) is 2. The number of esters is 1. The smallest absolute Gasteiger partial charge is 0.334 e. The number of aliphatic imine (C=N–C) groups is 1. The summed E-state index contributed by atoms with van der Waals surface area (Å²) >= 11 is 4.51. The molecule has 118 valence electrons. The Balaban J connectivity index is 2.04. The van der Waals surface area contributed by atoms with Crippen molar-refractivity contribution in [3.05, 3.63) is 29.8 Å². The van der Waals surface area contributed by atoms with Crippen molar-refractivity contribution in [1.29, 1.82) is 0 Å². The average Bonchev–Trinajstić information content (AvgIpc) is 2.88. The largest absolute Gasteiger partial charge is 0.497 e. The van der Waals surface area contributed by atoms with E-state index in [-0.39, 0.29) is 12.5 Å². The molecule has 2 unspecified atom stereocenters. The lowest BCUT2D eigenvalue weighted by Gasteiger charge is -2.17. The van der Waals surface area contributed by atoms with Gasteiger partial charge in [0.25, 0.3) is 5.91 Å². The Kier molecular flexibility index (Phi) is 5.84. The van der Waals surface area contributed by atoms with Gasteiger partial charge in [-0.05, 0) is 47.1 Å². The highest BCUT2D eigenvalue weighted by atomic mass is 79.9. The zero-order valence-electron chi connectivity index (χ0n) is 12.0. The molecule has 22 heavy (non-hydrogen) atoms. The quantitative estimate of drug-likeness (QED) is 0.784. The number of hydrogen-bond acceptors (Lipinski definition) is 6. The van der Waals surface area contributed by atoms with Crippen LogP contribution in [0.1, 0.15) is 17.3 Å². The summed E-state index contributed by atoms with van der Waals surface area (Å²) in [7, 11) is 1.56. The first-order valence-electron chi connectivity index (χ1n) is 6.56. The zero-order chi connectivity index (χ0) is 16.1. The van der Waals surface area contributed by atoms with Crippen molar-refractivity contribution in [1.82, 2.24) is 5.32 Å². The Morgan fingerprint density at radius 1 is 1.36 bits per heavy atom. The fraction of sp³-hybridized carbons (Fsp3) is 0.357. The fourth-order valence-electron chi connectivity index (χ4n) is 1.84. The maximum atomic E-state index is 12.2. The number of rotatable bonds is 5. The molecule has 8 heteroatoms. The van der Waals surface area contributed by atoms with Gasteiger partial charge in [-0.15, -0.1) is 0 Å². The van der Waals surface area contributed by atoms with Gasteiger partial charge >= 0.3 is 5.97 Å². The minimum Gasteiger partial charge on any atom is -0.497 e. The molecule has 1 aromatic carbocycles. The average molecular weight is 387 g/mol. The lowest BCUT2D eigenvalue weighted by molar-refractivity contribution is -0.144. The predicted octanol–water partition coefficient (Wildman–Crippen LogP) is 2.18. The van der Waals surface area contributed by atoms with Crippen LogP contribution in [0.4, 0.5) is 0 Å². The zero-order valence-corrected chi connectivity index (χ0v) is 14.4. The molecule has 0 fully saturated rings. The molecule has 2 atom stereocenters. The lowest BCUT2D eigenvalue weighted by atomic mass is 10.2. The summed E-state index contributed by atoms with van der Waals surface area (Å²) in [6.45, 7) is 2.00. The first kappa shape index (κ1) is 16.8. The molecule has 0 aliphatic carbocycles. The molecule has 0 aromatic heterocycles. The van der Waals surface area contributed by atoms with Crippen LogP contribution in [-0.2, 0) is 9.53 Å². The van der Waals surface area contributed by atoms with Crippen molar-refractivity contribution < 1.29 is 19.1 Å². The summed E-state index contributed by atoms with van der Waals surface area (Å²) < 4.78 is 10.6. The molecule has 1 amide bonds. The molecule has 0 bridgehead atoms. The first-order valence-corrected chi connectivity index (χ1v) is 8.24. The molecule has 1 aliphatic rings. The fourth-order valence-corrected chi connectivity index (χ4v) is 3.52. The molecule has 2 rings (SSSR count). The van der Waals surface area contributed by atoms with Crippen LogP contribution < -0.4 is 10.1 Å². The van der Waals surface area contributed by atoms with Gasteiger partial charge in [0.05, 0.1) is 13.7 Å². The van der Waals surface area contributed by atoms with Crippen LogP contribution >= 0.6 is 27.7 Å². The number of carbonyl (C=O) groups is 2. The second-order valence-electron chi connectivity index (χ2n) is 4.32. The van der Waals surface area contributed by atoms with E-state index in [9.17, 15) is 9.59 Å². The van der Waals surface area contributed by atoms with E-state index in [1.165, 1.54) is 11.8 Å². The molecular formula is C14H15BrN2O4S. The van der Waals surface area contributed by atoms with Crippen molar-refractivity contribution in [2.75, 3.05) is 13.7 Å². The summed E-state index contributed by atoms with van der Waals surface area (Å²) in [5, 5.41) is 2.29.